The van der Waals surface area contributed by atoms with Crippen LogP contribution < -0.4 is 9.47 Å². The highest BCUT2D eigenvalue weighted by Gasteiger charge is 2.15. The second-order valence-electron chi connectivity index (χ2n) is 10.6. The molecule has 39 heavy (non-hydrogen) atoms. The molecule has 2 heterocycles. The molecular weight excluding hydrogens is 500 g/mol. The molecule has 2 aromatic carbocycles. The molecule has 4 aromatic rings. The zero-order valence-corrected chi connectivity index (χ0v) is 24.9. The molecule has 208 valence electrons. The molecule has 5 heteroatoms. The summed E-state index contributed by atoms with van der Waals surface area (Å²) < 4.78 is 12.3. The number of aromatic nitrogens is 2. The number of rotatable bonds is 16. The van der Waals surface area contributed by atoms with Crippen molar-refractivity contribution in [2.75, 3.05) is 13.2 Å². The fourth-order valence-corrected chi connectivity index (χ4v) is 5.52. The first-order valence-electron chi connectivity index (χ1n) is 14.8. The molecule has 2 unspecified atom stereocenters. The van der Waals surface area contributed by atoms with Gasteiger partial charge in [0.05, 0.1) is 24.6 Å². The third kappa shape index (κ3) is 8.04. The Morgan fingerprint density at radius 3 is 1.38 bits per heavy atom. The van der Waals surface area contributed by atoms with Crippen LogP contribution in [0, 0.1) is 11.8 Å². The maximum atomic E-state index is 6.15. The second-order valence-corrected chi connectivity index (χ2v) is 11.3. The topological polar surface area (TPSA) is 44.2 Å². The van der Waals surface area contributed by atoms with E-state index in [-0.39, 0.29) is 0 Å². The Kier molecular flexibility index (Phi) is 11.2. The van der Waals surface area contributed by atoms with Crippen molar-refractivity contribution in [3.63, 3.8) is 0 Å². The lowest BCUT2D eigenvalue weighted by molar-refractivity contribution is 0.233. The third-order valence-corrected chi connectivity index (χ3v) is 8.34. The van der Waals surface area contributed by atoms with Gasteiger partial charge in [0.15, 0.2) is 0 Å². The van der Waals surface area contributed by atoms with Crippen molar-refractivity contribution in [3.8, 4) is 34.0 Å². The summed E-state index contributed by atoms with van der Waals surface area (Å²) in [5.41, 5.74) is 5.72. The van der Waals surface area contributed by atoms with E-state index in [0.29, 0.717) is 11.8 Å². The maximum Gasteiger partial charge on any atom is 0.119 e. The fourth-order valence-electron chi connectivity index (χ4n) is 4.84. The van der Waals surface area contributed by atoms with Gasteiger partial charge in [0.25, 0.3) is 0 Å². The quantitative estimate of drug-likeness (QED) is 0.141. The van der Waals surface area contributed by atoms with Crippen LogP contribution in [0.15, 0.2) is 59.3 Å². The van der Waals surface area contributed by atoms with Gasteiger partial charge in [-0.25, -0.2) is 9.97 Å². The standard InChI is InChI=1S/C34H44N2O2S/c1-5-9-11-25(7-3)21-37-29-17-13-27(14-18-29)33-34(36-32-24-39-23-31(32)35-33)28-15-19-30(20-16-28)38-22-26(8-4)12-10-6-2/h13-20,23-26H,5-12,21-22H2,1-4H3. The van der Waals surface area contributed by atoms with E-state index < -0.39 is 0 Å². The van der Waals surface area contributed by atoms with Crippen LogP contribution in [0.3, 0.4) is 0 Å². The van der Waals surface area contributed by atoms with Gasteiger partial charge in [-0.15, -0.1) is 11.3 Å². The maximum absolute atomic E-state index is 6.15. The normalized spacial score (nSPS) is 12.9. The van der Waals surface area contributed by atoms with Crippen LogP contribution in [0.5, 0.6) is 11.5 Å². The van der Waals surface area contributed by atoms with E-state index in [4.69, 9.17) is 19.4 Å². The number of hydrogen-bond acceptors (Lipinski definition) is 5. The minimum Gasteiger partial charge on any atom is -0.493 e. The molecule has 4 rings (SSSR count). The van der Waals surface area contributed by atoms with Gasteiger partial charge in [0.2, 0.25) is 0 Å². The number of hydrogen-bond donors (Lipinski definition) is 0. The van der Waals surface area contributed by atoms with Crippen molar-refractivity contribution >= 4 is 22.4 Å². The Morgan fingerprint density at radius 2 is 1.03 bits per heavy atom. The van der Waals surface area contributed by atoms with E-state index in [2.05, 4.69) is 87.0 Å². The highest BCUT2D eigenvalue weighted by Crippen LogP contribution is 2.34. The number of unbranched alkanes of at least 4 members (excludes halogenated alkanes) is 2. The van der Waals surface area contributed by atoms with Crippen LogP contribution in [-0.4, -0.2) is 23.2 Å². The first-order valence-corrected chi connectivity index (χ1v) is 15.8. The number of benzene rings is 2. The zero-order valence-electron chi connectivity index (χ0n) is 24.1. The van der Waals surface area contributed by atoms with Gasteiger partial charge in [-0.05, 0) is 73.2 Å². The van der Waals surface area contributed by atoms with E-state index in [1.807, 2.05) is 0 Å². The molecule has 0 N–H and O–H groups in total. The van der Waals surface area contributed by atoms with Crippen LogP contribution in [0.2, 0.25) is 0 Å². The molecule has 2 aromatic heterocycles. The van der Waals surface area contributed by atoms with Gasteiger partial charge in [-0.2, -0.15) is 0 Å². The highest BCUT2D eigenvalue weighted by atomic mass is 32.1. The second kappa shape index (κ2) is 15.0. The van der Waals surface area contributed by atoms with Crippen LogP contribution in [0.1, 0.15) is 79.1 Å². The van der Waals surface area contributed by atoms with Crippen molar-refractivity contribution in [3.05, 3.63) is 59.3 Å². The van der Waals surface area contributed by atoms with Crippen molar-refractivity contribution in [2.24, 2.45) is 11.8 Å². The Balaban J connectivity index is 1.51. The summed E-state index contributed by atoms with van der Waals surface area (Å²) in [4.78, 5) is 10.1. The Labute approximate surface area is 238 Å². The highest BCUT2D eigenvalue weighted by molar-refractivity contribution is 7.09. The minimum absolute atomic E-state index is 0.610. The Morgan fingerprint density at radius 1 is 0.615 bits per heavy atom. The molecular formula is C34H44N2O2S. The summed E-state index contributed by atoms with van der Waals surface area (Å²) in [5.74, 6) is 3.04. The molecule has 2 atom stereocenters. The molecule has 0 saturated heterocycles. The molecule has 0 aliphatic carbocycles. The predicted molar refractivity (Wildman–Crippen MR) is 166 cm³/mol. The van der Waals surface area contributed by atoms with Gasteiger partial charge in [0.1, 0.15) is 22.5 Å². The van der Waals surface area contributed by atoms with Crippen LogP contribution in [0.4, 0.5) is 0 Å². The van der Waals surface area contributed by atoms with Gasteiger partial charge >= 0.3 is 0 Å². The average Bonchev–Trinajstić information content (AvgIpc) is 3.45. The molecule has 0 radical (unpaired) electrons. The fraction of sp³-hybridized carbons (Fsp3) is 0.471. The molecule has 4 nitrogen and oxygen atoms in total. The summed E-state index contributed by atoms with van der Waals surface area (Å²) >= 11 is 1.63. The predicted octanol–water partition coefficient (Wildman–Crippen LogP) is 10.2. The first kappa shape index (κ1) is 29.1. The van der Waals surface area contributed by atoms with Crippen LogP contribution in [-0.2, 0) is 0 Å². The third-order valence-electron chi connectivity index (χ3n) is 7.62. The minimum atomic E-state index is 0.610. The summed E-state index contributed by atoms with van der Waals surface area (Å²) in [6.07, 6.45) is 9.75. The number of fused-ring (bicyclic) bond motifs is 1. The lowest BCUT2D eigenvalue weighted by Gasteiger charge is -2.16. The molecule has 0 bridgehead atoms. The largest absolute Gasteiger partial charge is 0.493 e. The molecule has 0 aliphatic rings. The summed E-state index contributed by atoms with van der Waals surface area (Å²) in [7, 11) is 0. The molecule has 0 spiro atoms. The smallest absolute Gasteiger partial charge is 0.119 e. The summed E-state index contributed by atoms with van der Waals surface area (Å²) in [6, 6.07) is 16.7. The van der Waals surface area contributed by atoms with Gasteiger partial charge in [-0.1, -0.05) is 66.2 Å². The summed E-state index contributed by atoms with van der Waals surface area (Å²) in [5, 5.41) is 4.13. The first-order chi connectivity index (χ1) is 19.1. The van der Waals surface area contributed by atoms with E-state index in [1.54, 1.807) is 11.3 Å². The monoisotopic (exact) mass is 544 g/mol. The van der Waals surface area contributed by atoms with E-state index in [9.17, 15) is 0 Å². The Hall–Kier alpha value is -2.92. The van der Waals surface area contributed by atoms with Crippen molar-refractivity contribution in [1.29, 1.82) is 0 Å². The van der Waals surface area contributed by atoms with Gasteiger partial charge in [-0.3, -0.25) is 0 Å². The van der Waals surface area contributed by atoms with E-state index in [1.165, 1.54) is 38.5 Å². The van der Waals surface area contributed by atoms with E-state index in [0.717, 1.165) is 71.1 Å². The van der Waals surface area contributed by atoms with Crippen LogP contribution in [0.25, 0.3) is 33.5 Å². The molecule has 0 aliphatic heterocycles. The number of nitrogens with zero attached hydrogens (tertiary/aromatic N) is 2. The zero-order chi connectivity index (χ0) is 27.5. The SMILES string of the molecule is CCCCC(CC)COc1ccc(-c2nc3cscc3nc2-c2ccc(OCC(CC)CCCC)cc2)cc1. The summed E-state index contributed by atoms with van der Waals surface area (Å²) in [6.45, 7) is 10.5. The average molecular weight is 545 g/mol. The lowest BCUT2D eigenvalue weighted by atomic mass is 10.0. The molecule has 0 amide bonds. The van der Waals surface area contributed by atoms with Gasteiger partial charge < -0.3 is 9.47 Å². The lowest BCUT2D eigenvalue weighted by Crippen LogP contribution is -2.11. The number of thiophene rings is 1. The van der Waals surface area contributed by atoms with Crippen molar-refractivity contribution in [1.82, 2.24) is 9.97 Å². The molecule has 0 fully saturated rings. The van der Waals surface area contributed by atoms with Crippen molar-refractivity contribution in [2.45, 2.75) is 79.1 Å². The van der Waals surface area contributed by atoms with E-state index >= 15 is 0 Å². The number of ether oxygens (including phenoxy) is 2. The molecule has 0 saturated carbocycles. The van der Waals surface area contributed by atoms with Crippen molar-refractivity contribution < 1.29 is 9.47 Å². The van der Waals surface area contributed by atoms with Crippen LogP contribution >= 0.6 is 11.3 Å². The Bertz CT molecular complexity index is 1170. The van der Waals surface area contributed by atoms with Gasteiger partial charge in [0, 0.05) is 21.9 Å².